The summed E-state index contributed by atoms with van der Waals surface area (Å²) in [6.07, 6.45) is 0. The SMILES string of the molecule is Fc1cc(F)c(-n2c(CCl)nc3c(F)cccc32)c(F)c1. The van der Waals surface area contributed by atoms with Gasteiger partial charge in [-0.3, -0.25) is 4.57 Å². The number of para-hydroxylation sites is 1. The number of benzene rings is 2. The van der Waals surface area contributed by atoms with Gasteiger partial charge < -0.3 is 0 Å². The Kier molecular flexibility index (Phi) is 3.33. The van der Waals surface area contributed by atoms with Crippen molar-refractivity contribution in [3.63, 3.8) is 0 Å². The molecule has 3 aromatic rings. The summed E-state index contributed by atoms with van der Waals surface area (Å²) in [7, 11) is 0. The highest BCUT2D eigenvalue weighted by Gasteiger charge is 2.21. The first-order chi connectivity index (χ1) is 10.0. The summed E-state index contributed by atoms with van der Waals surface area (Å²) in [6.45, 7) is 0. The van der Waals surface area contributed by atoms with E-state index in [4.69, 9.17) is 11.6 Å². The van der Waals surface area contributed by atoms with Crippen molar-refractivity contribution in [2.45, 2.75) is 5.88 Å². The van der Waals surface area contributed by atoms with Gasteiger partial charge in [-0.05, 0) is 12.1 Å². The molecule has 0 N–H and O–H groups in total. The molecule has 108 valence electrons. The number of imidazole rings is 1. The largest absolute Gasteiger partial charge is 0.290 e. The van der Waals surface area contributed by atoms with Gasteiger partial charge in [0.1, 0.15) is 22.8 Å². The van der Waals surface area contributed by atoms with Crippen molar-refractivity contribution in [2.24, 2.45) is 0 Å². The first-order valence-corrected chi connectivity index (χ1v) is 6.43. The lowest BCUT2D eigenvalue weighted by Gasteiger charge is -2.10. The van der Waals surface area contributed by atoms with Crippen LogP contribution >= 0.6 is 11.6 Å². The number of halogens is 5. The van der Waals surface area contributed by atoms with Crippen LogP contribution in [0.1, 0.15) is 5.82 Å². The van der Waals surface area contributed by atoms with E-state index in [0.29, 0.717) is 12.1 Å². The van der Waals surface area contributed by atoms with Crippen LogP contribution in [0.4, 0.5) is 17.6 Å². The van der Waals surface area contributed by atoms with Crippen LogP contribution in [0.2, 0.25) is 0 Å². The topological polar surface area (TPSA) is 17.8 Å². The Morgan fingerprint density at radius 3 is 2.29 bits per heavy atom. The molecule has 3 rings (SSSR count). The van der Waals surface area contributed by atoms with Crippen LogP contribution < -0.4 is 0 Å². The highest BCUT2D eigenvalue weighted by molar-refractivity contribution is 6.17. The van der Waals surface area contributed by atoms with Gasteiger partial charge in [0.05, 0.1) is 11.4 Å². The van der Waals surface area contributed by atoms with Crippen LogP contribution in [-0.4, -0.2) is 9.55 Å². The van der Waals surface area contributed by atoms with Crippen LogP contribution in [0.15, 0.2) is 30.3 Å². The van der Waals surface area contributed by atoms with E-state index in [1.54, 1.807) is 0 Å². The molecule has 21 heavy (non-hydrogen) atoms. The Labute approximate surface area is 121 Å². The molecule has 0 aliphatic rings. The Hall–Kier alpha value is -2.08. The second kappa shape index (κ2) is 5.04. The Morgan fingerprint density at radius 2 is 1.67 bits per heavy atom. The van der Waals surface area contributed by atoms with E-state index < -0.39 is 29.0 Å². The van der Waals surface area contributed by atoms with E-state index in [0.717, 1.165) is 4.57 Å². The molecule has 0 saturated heterocycles. The third-order valence-electron chi connectivity index (χ3n) is 3.03. The van der Waals surface area contributed by atoms with Gasteiger partial charge in [0.15, 0.2) is 17.5 Å². The van der Waals surface area contributed by atoms with Crippen molar-refractivity contribution in [1.29, 1.82) is 0 Å². The zero-order valence-corrected chi connectivity index (χ0v) is 11.1. The molecule has 0 fully saturated rings. The Morgan fingerprint density at radius 1 is 1.00 bits per heavy atom. The van der Waals surface area contributed by atoms with Crippen LogP contribution in [0.25, 0.3) is 16.7 Å². The van der Waals surface area contributed by atoms with E-state index in [-0.39, 0.29) is 22.7 Å². The van der Waals surface area contributed by atoms with Crippen LogP contribution in [0, 0.1) is 23.3 Å². The number of alkyl halides is 1. The number of hydrogen-bond acceptors (Lipinski definition) is 1. The predicted octanol–water partition coefficient (Wildman–Crippen LogP) is 4.32. The standard InChI is InChI=1S/C14H7ClF4N2/c15-6-12-20-13-8(17)2-1-3-11(13)21(12)14-9(18)4-7(16)5-10(14)19/h1-5H,6H2. The van der Waals surface area contributed by atoms with Crippen molar-refractivity contribution in [1.82, 2.24) is 9.55 Å². The van der Waals surface area contributed by atoms with Crippen molar-refractivity contribution in [3.8, 4) is 5.69 Å². The summed E-state index contributed by atoms with van der Waals surface area (Å²) >= 11 is 5.72. The summed E-state index contributed by atoms with van der Waals surface area (Å²) in [5.41, 5.74) is -0.452. The molecule has 0 saturated carbocycles. The van der Waals surface area contributed by atoms with E-state index in [9.17, 15) is 17.6 Å². The summed E-state index contributed by atoms with van der Waals surface area (Å²) < 4.78 is 55.7. The lowest BCUT2D eigenvalue weighted by Crippen LogP contribution is -2.06. The molecule has 0 bridgehead atoms. The average Bonchev–Trinajstić information content (AvgIpc) is 2.78. The molecule has 2 nitrogen and oxygen atoms in total. The summed E-state index contributed by atoms with van der Waals surface area (Å²) in [5.74, 6) is -4.06. The first-order valence-electron chi connectivity index (χ1n) is 5.89. The van der Waals surface area contributed by atoms with Crippen LogP contribution in [0.5, 0.6) is 0 Å². The summed E-state index contributed by atoms with van der Waals surface area (Å²) in [4.78, 5) is 3.94. The monoisotopic (exact) mass is 314 g/mol. The average molecular weight is 315 g/mol. The third kappa shape index (κ3) is 2.15. The normalized spacial score (nSPS) is 11.3. The highest BCUT2D eigenvalue weighted by atomic mass is 35.5. The first kappa shape index (κ1) is 13.9. The van der Waals surface area contributed by atoms with Gasteiger partial charge in [0.2, 0.25) is 0 Å². The van der Waals surface area contributed by atoms with Crippen LogP contribution in [-0.2, 0) is 5.88 Å². The van der Waals surface area contributed by atoms with Gasteiger partial charge in [0.25, 0.3) is 0 Å². The third-order valence-corrected chi connectivity index (χ3v) is 3.27. The summed E-state index contributed by atoms with van der Waals surface area (Å²) in [6, 6.07) is 5.09. The molecule has 0 amide bonds. The second-order valence-corrected chi connectivity index (χ2v) is 4.59. The van der Waals surface area contributed by atoms with Gasteiger partial charge in [-0.15, -0.1) is 11.6 Å². The molecule has 0 aliphatic carbocycles. The van der Waals surface area contributed by atoms with Gasteiger partial charge in [-0.25, -0.2) is 22.5 Å². The minimum Gasteiger partial charge on any atom is -0.290 e. The maximum atomic E-state index is 14.0. The lowest BCUT2D eigenvalue weighted by molar-refractivity contribution is 0.534. The molecule has 2 aromatic carbocycles. The number of fused-ring (bicyclic) bond motifs is 1. The van der Waals surface area contributed by atoms with E-state index in [1.807, 2.05) is 0 Å². The van der Waals surface area contributed by atoms with Gasteiger partial charge in [-0.1, -0.05) is 6.07 Å². The number of rotatable bonds is 2. The fourth-order valence-electron chi connectivity index (χ4n) is 2.20. The van der Waals surface area contributed by atoms with E-state index >= 15 is 0 Å². The molecular weight excluding hydrogens is 308 g/mol. The zero-order chi connectivity index (χ0) is 15.1. The van der Waals surface area contributed by atoms with E-state index in [1.165, 1.54) is 18.2 Å². The van der Waals surface area contributed by atoms with Crippen molar-refractivity contribution in [3.05, 3.63) is 59.4 Å². The van der Waals surface area contributed by atoms with Crippen molar-refractivity contribution >= 4 is 22.6 Å². The Balaban J connectivity index is 2.42. The van der Waals surface area contributed by atoms with Gasteiger partial charge >= 0.3 is 0 Å². The molecule has 0 spiro atoms. The highest BCUT2D eigenvalue weighted by Crippen LogP contribution is 2.28. The second-order valence-electron chi connectivity index (χ2n) is 4.32. The predicted molar refractivity (Wildman–Crippen MR) is 70.5 cm³/mol. The molecule has 1 aromatic heterocycles. The van der Waals surface area contributed by atoms with Crippen molar-refractivity contribution in [2.75, 3.05) is 0 Å². The fourth-order valence-corrected chi connectivity index (χ4v) is 2.38. The number of hydrogen-bond donors (Lipinski definition) is 0. The molecular formula is C14H7ClF4N2. The zero-order valence-electron chi connectivity index (χ0n) is 10.4. The minimum absolute atomic E-state index is 0.0566. The van der Waals surface area contributed by atoms with E-state index in [2.05, 4.69) is 4.98 Å². The molecule has 0 radical (unpaired) electrons. The molecule has 0 atom stereocenters. The minimum atomic E-state index is -1.12. The number of nitrogens with zero attached hydrogens (tertiary/aromatic N) is 2. The molecule has 0 unspecified atom stereocenters. The maximum Gasteiger partial charge on any atom is 0.153 e. The molecule has 0 aliphatic heterocycles. The summed E-state index contributed by atoms with van der Waals surface area (Å²) in [5, 5.41) is 0. The van der Waals surface area contributed by atoms with Crippen molar-refractivity contribution < 1.29 is 17.6 Å². The fraction of sp³-hybridized carbons (Fsp3) is 0.0714. The lowest BCUT2D eigenvalue weighted by atomic mass is 10.2. The van der Waals surface area contributed by atoms with Gasteiger partial charge in [0, 0.05) is 12.1 Å². The number of aromatic nitrogens is 2. The molecule has 1 heterocycles. The van der Waals surface area contributed by atoms with Gasteiger partial charge in [-0.2, -0.15) is 0 Å². The Bertz CT molecular complexity index is 821. The maximum absolute atomic E-state index is 14.0. The van der Waals surface area contributed by atoms with Crippen LogP contribution in [0.3, 0.4) is 0 Å². The molecule has 7 heteroatoms. The smallest absolute Gasteiger partial charge is 0.153 e. The quantitative estimate of drug-likeness (QED) is 0.509.